The molecule has 0 aliphatic heterocycles. The molecule has 1 aromatic rings. The Morgan fingerprint density at radius 2 is 2.30 bits per heavy atom. The maximum absolute atomic E-state index is 12.1. The number of carbonyl (C=O) groups excluding carboxylic acids is 1. The standard InChI is InChI=1S/C13H22N4O2S/c1-2-6-15-12-17-10(14)9(20-12)11(19)16-8-13(3-4-13)5-7-18/h18H,2-8,14H2,1H3,(H,15,17)(H,16,19). The molecule has 0 unspecified atom stereocenters. The van der Waals surface area contributed by atoms with E-state index in [1.54, 1.807) is 0 Å². The van der Waals surface area contributed by atoms with Crippen molar-refractivity contribution in [1.29, 1.82) is 0 Å². The summed E-state index contributed by atoms with van der Waals surface area (Å²) in [5.41, 5.74) is 5.89. The highest BCUT2D eigenvalue weighted by Crippen LogP contribution is 2.47. The molecule has 0 atom stereocenters. The van der Waals surface area contributed by atoms with Gasteiger partial charge in [0.1, 0.15) is 10.7 Å². The maximum atomic E-state index is 12.1. The lowest BCUT2D eigenvalue weighted by molar-refractivity contribution is 0.0945. The summed E-state index contributed by atoms with van der Waals surface area (Å²) in [6, 6.07) is 0. The molecule has 0 spiro atoms. The molecule has 1 aliphatic rings. The largest absolute Gasteiger partial charge is 0.396 e. The normalized spacial score (nSPS) is 15.9. The number of aromatic nitrogens is 1. The van der Waals surface area contributed by atoms with Crippen LogP contribution < -0.4 is 16.4 Å². The average Bonchev–Trinajstić information content (AvgIpc) is 3.09. The lowest BCUT2D eigenvalue weighted by atomic mass is 10.0. The minimum atomic E-state index is -0.172. The fourth-order valence-electron chi connectivity index (χ4n) is 2.08. The van der Waals surface area contributed by atoms with Crippen LogP contribution in [0.15, 0.2) is 0 Å². The molecule has 2 rings (SSSR count). The van der Waals surface area contributed by atoms with Gasteiger partial charge in [-0.25, -0.2) is 4.98 Å². The van der Waals surface area contributed by atoms with E-state index in [1.165, 1.54) is 11.3 Å². The molecule has 1 saturated carbocycles. The molecule has 5 N–H and O–H groups in total. The number of aliphatic hydroxyl groups excluding tert-OH is 1. The second-order valence-electron chi connectivity index (χ2n) is 5.32. The van der Waals surface area contributed by atoms with Gasteiger partial charge in [0, 0.05) is 19.7 Å². The van der Waals surface area contributed by atoms with Crippen molar-refractivity contribution in [3.8, 4) is 0 Å². The number of thiazole rings is 1. The monoisotopic (exact) mass is 298 g/mol. The summed E-state index contributed by atoms with van der Waals surface area (Å²) >= 11 is 1.28. The van der Waals surface area contributed by atoms with E-state index in [0.717, 1.165) is 32.2 Å². The number of hydrogen-bond donors (Lipinski definition) is 4. The van der Waals surface area contributed by atoms with E-state index in [2.05, 4.69) is 22.5 Å². The molecular weight excluding hydrogens is 276 g/mol. The summed E-state index contributed by atoms with van der Waals surface area (Å²) in [5.74, 6) is 0.104. The van der Waals surface area contributed by atoms with Gasteiger partial charge >= 0.3 is 0 Å². The van der Waals surface area contributed by atoms with Gasteiger partial charge in [-0.1, -0.05) is 18.3 Å². The average molecular weight is 298 g/mol. The van der Waals surface area contributed by atoms with Crippen LogP contribution in [0.25, 0.3) is 0 Å². The highest BCUT2D eigenvalue weighted by Gasteiger charge is 2.42. The van der Waals surface area contributed by atoms with Crippen LogP contribution in [-0.4, -0.2) is 35.7 Å². The molecule has 1 heterocycles. The molecular formula is C13H22N4O2S. The quantitative estimate of drug-likeness (QED) is 0.582. The molecule has 0 saturated heterocycles. The summed E-state index contributed by atoms with van der Waals surface area (Å²) in [6.45, 7) is 3.65. The number of nitrogens with one attached hydrogen (secondary N) is 2. The minimum Gasteiger partial charge on any atom is -0.396 e. The van der Waals surface area contributed by atoms with Gasteiger partial charge in [0.25, 0.3) is 5.91 Å². The maximum Gasteiger partial charge on any atom is 0.265 e. The zero-order chi connectivity index (χ0) is 14.6. The molecule has 0 bridgehead atoms. The number of aliphatic hydroxyl groups is 1. The summed E-state index contributed by atoms with van der Waals surface area (Å²) < 4.78 is 0. The molecule has 1 aromatic heterocycles. The van der Waals surface area contributed by atoms with Crippen LogP contribution in [0, 0.1) is 5.41 Å². The molecule has 7 heteroatoms. The van der Waals surface area contributed by atoms with Crippen molar-refractivity contribution in [1.82, 2.24) is 10.3 Å². The van der Waals surface area contributed by atoms with Crippen molar-refractivity contribution in [2.24, 2.45) is 5.41 Å². The fourth-order valence-corrected chi connectivity index (χ4v) is 2.91. The summed E-state index contributed by atoms with van der Waals surface area (Å²) in [6.07, 6.45) is 3.87. The smallest absolute Gasteiger partial charge is 0.265 e. The molecule has 0 radical (unpaired) electrons. The van der Waals surface area contributed by atoms with Crippen molar-refractivity contribution >= 4 is 28.2 Å². The highest BCUT2D eigenvalue weighted by molar-refractivity contribution is 7.18. The molecule has 20 heavy (non-hydrogen) atoms. The number of nitrogens with zero attached hydrogens (tertiary/aromatic N) is 1. The van der Waals surface area contributed by atoms with Gasteiger partial charge in [-0.15, -0.1) is 0 Å². The van der Waals surface area contributed by atoms with Gasteiger partial charge < -0.3 is 21.5 Å². The van der Waals surface area contributed by atoms with Crippen molar-refractivity contribution in [3.63, 3.8) is 0 Å². The second kappa shape index (κ2) is 6.41. The third kappa shape index (κ3) is 3.61. The van der Waals surface area contributed by atoms with Gasteiger partial charge in [0.15, 0.2) is 5.13 Å². The first-order chi connectivity index (χ1) is 9.60. The number of amides is 1. The molecule has 112 valence electrons. The van der Waals surface area contributed by atoms with Crippen LogP contribution >= 0.6 is 11.3 Å². The Morgan fingerprint density at radius 1 is 1.55 bits per heavy atom. The summed E-state index contributed by atoms with van der Waals surface area (Å²) in [5, 5.41) is 15.7. The van der Waals surface area contributed by atoms with E-state index in [4.69, 9.17) is 10.8 Å². The van der Waals surface area contributed by atoms with Crippen molar-refractivity contribution < 1.29 is 9.90 Å². The fraction of sp³-hybridized carbons (Fsp3) is 0.692. The van der Waals surface area contributed by atoms with Gasteiger partial charge in [-0.05, 0) is 31.1 Å². The van der Waals surface area contributed by atoms with Crippen LogP contribution in [0.3, 0.4) is 0 Å². The van der Waals surface area contributed by atoms with Crippen LogP contribution in [0.1, 0.15) is 42.3 Å². The predicted molar refractivity (Wildman–Crippen MR) is 81.0 cm³/mol. The van der Waals surface area contributed by atoms with Crippen molar-refractivity contribution in [3.05, 3.63) is 4.88 Å². The van der Waals surface area contributed by atoms with Crippen LogP contribution in [0.4, 0.5) is 10.9 Å². The molecule has 1 fully saturated rings. The Labute approximate surface area is 122 Å². The Bertz CT molecular complexity index is 471. The Morgan fingerprint density at radius 3 is 2.90 bits per heavy atom. The van der Waals surface area contributed by atoms with Gasteiger partial charge in [0.05, 0.1) is 0 Å². The number of nitrogens with two attached hydrogens (primary N) is 1. The molecule has 1 aliphatic carbocycles. The van der Waals surface area contributed by atoms with E-state index in [1.807, 2.05) is 0 Å². The van der Waals surface area contributed by atoms with Crippen molar-refractivity contribution in [2.75, 3.05) is 30.7 Å². The van der Waals surface area contributed by atoms with E-state index >= 15 is 0 Å². The lowest BCUT2D eigenvalue weighted by Gasteiger charge is -2.13. The first-order valence-corrected chi connectivity index (χ1v) is 7.81. The highest BCUT2D eigenvalue weighted by atomic mass is 32.1. The zero-order valence-electron chi connectivity index (χ0n) is 11.7. The van der Waals surface area contributed by atoms with E-state index < -0.39 is 0 Å². The molecule has 6 nitrogen and oxygen atoms in total. The Balaban J connectivity index is 1.90. The zero-order valence-corrected chi connectivity index (χ0v) is 12.6. The van der Waals surface area contributed by atoms with Crippen molar-refractivity contribution in [2.45, 2.75) is 32.6 Å². The third-order valence-electron chi connectivity index (χ3n) is 3.61. The second-order valence-corrected chi connectivity index (χ2v) is 6.32. The number of rotatable bonds is 8. The number of carbonyl (C=O) groups is 1. The lowest BCUT2D eigenvalue weighted by Crippen LogP contribution is -2.30. The first kappa shape index (κ1) is 15.1. The number of nitrogen functional groups attached to an aromatic ring is 1. The van der Waals surface area contributed by atoms with Crippen LogP contribution in [0.5, 0.6) is 0 Å². The van der Waals surface area contributed by atoms with Gasteiger partial charge in [-0.3, -0.25) is 4.79 Å². The first-order valence-electron chi connectivity index (χ1n) is 6.99. The van der Waals surface area contributed by atoms with E-state index in [0.29, 0.717) is 16.6 Å². The SMILES string of the molecule is CCCNc1nc(N)c(C(=O)NCC2(CCO)CC2)s1. The van der Waals surface area contributed by atoms with Crippen LogP contribution in [-0.2, 0) is 0 Å². The van der Waals surface area contributed by atoms with Crippen LogP contribution in [0.2, 0.25) is 0 Å². The topological polar surface area (TPSA) is 100 Å². The predicted octanol–water partition coefficient (Wildman–Crippen LogP) is 1.44. The molecule has 0 aromatic carbocycles. The van der Waals surface area contributed by atoms with Gasteiger partial charge in [0.2, 0.25) is 0 Å². The molecule has 1 amide bonds. The number of hydrogen-bond acceptors (Lipinski definition) is 6. The summed E-state index contributed by atoms with van der Waals surface area (Å²) in [7, 11) is 0. The Kier molecular flexibility index (Phi) is 4.82. The third-order valence-corrected chi connectivity index (χ3v) is 4.64. The van der Waals surface area contributed by atoms with E-state index in [-0.39, 0.29) is 23.7 Å². The number of anilines is 2. The summed E-state index contributed by atoms with van der Waals surface area (Å²) in [4.78, 5) is 16.7. The minimum absolute atomic E-state index is 0.104. The van der Waals surface area contributed by atoms with Gasteiger partial charge in [-0.2, -0.15) is 0 Å². The Hall–Kier alpha value is -1.34. The van der Waals surface area contributed by atoms with E-state index in [9.17, 15) is 4.79 Å².